The zero-order valence-corrected chi connectivity index (χ0v) is 18.0. The molecular formula is C22H20N4O5S. The lowest BCUT2D eigenvalue weighted by molar-refractivity contribution is -0.117. The van der Waals surface area contributed by atoms with Crippen molar-refractivity contribution in [1.29, 1.82) is 0 Å². The third kappa shape index (κ3) is 4.01. The summed E-state index contributed by atoms with van der Waals surface area (Å²) in [4.78, 5) is 26.9. The van der Waals surface area contributed by atoms with Gasteiger partial charge in [-0.15, -0.1) is 10.2 Å². The van der Waals surface area contributed by atoms with Gasteiger partial charge in [-0.2, -0.15) is 0 Å². The average molecular weight is 452 g/mol. The van der Waals surface area contributed by atoms with Gasteiger partial charge in [0.25, 0.3) is 11.1 Å². The second-order valence-corrected chi connectivity index (χ2v) is 8.37. The van der Waals surface area contributed by atoms with Gasteiger partial charge in [-0.25, -0.2) is 0 Å². The molecule has 1 aromatic heterocycles. The van der Waals surface area contributed by atoms with Crippen LogP contribution in [0.2, 0.25) is 0 Å². The average Bonchev–Trinajstić information content (AvgIpc) is 3.23. The highest BCUT2D eigenvalue weighted by molar-refractivity contribution is 7.99. The number of fused-ring (bicyclic) bond motifs is 2. The summed E-state index contributed by atoms with van der Waals surface area (Å²) in [6, 6.07) is 14.4. The quantitative estimate of drug-likeness (QED) is 0.600. The first-order valence-electron chi connectivity index (χ1n) is 10.1. The Hall–Kier alpha value is -3.53. The van der Waals surface area contributed by atoms with E-state index in [1.54, 1.807) is 11.0 Å². The number of hydrogen-bond acceptors (Lipinski definition) is 8. The number of ether oxygens (including phenoxy) is 2. The Morgan fingerprint density at radius 2 is 1.94 bits per heavy atom. The Morgan fingerprint density at radius 1 is 1.16 bits per heavy atom. The molecule has 3 aromatic rings. The Kier molecular flexibility index (Phi) is 5.44. The number of carbonyl (C=O) groups is 2. The first-order valence-corrected chi connectivity index (χ1v) is 11.1. The molecule has 164 valence electrons. The van der Waals surface area contributed by atoms with Crippen molar-refractivity contribution in [3.05, 3.63) is 54.4 Å². The van der Waals surface area contributed by atoms with E-state index in [0.29, 0.717) is 22.9 Å². The van der Waals surface area contributed by atoms with Crippen molar-refractivity contribution >= 4 is 35.0 Å². The molecule has 0 spiro atoms. The van der Waals surface area contributed by atoms with Gasteiger partial charge in [-0.1, -0.05) is 36.0 Å². The minimum Gasteiger partial charge on any atom is -0.485 e. The molecule has 0 radical (unpaired) electrons. The van der Waals surface area contributed by atoms with E-state index in [0.717, 1.165) is 11.8 Å². The van der Waals surface area contributed by atoms with Crippen LogP contribution >= 0.6 is 11.8 Å². The lowest BCUT2D eigenvalue weighted by Crippen LogP contribution is -2.40. The van der Waals surface area contributed by atoms with Crippen molar-refractivity contribution in [1.82, 2.24) is 10.2 Å². The standard InChI is InChI=1S/C22H20N4O5S/c1-13-10-19(27)23-14-6-2-3-7-15(14)26(13)20(28)12-32-22-25-24-21(31-22)18-11-29-16-8-4-5-9-17(16)30-18/h2-9,13,18H,10-12H2,1H3,(H,23,27)/t13-,18+/m1/s1. The summed E-state index contributed by atoms with van der Waals surface area (Å²) < 4.78 is 17.3. The Balaban J connectivity index is 1.26. The largest absolute Gasteiger partial charge is 0.485 e. The number of nitrogens with zero attached hydrogens (tertiary/aromatic N) is 3. The van der Waals surface area contributed by atoms with Crippen molar-refractivity contribution in [2.24, 2.45) is 0 Å². The fraction of sp³-hybridized carbons (Fsp3) is 0.273. The van der Waals surface area contributed by atoms with Gasteiger partial charge in [0.2, 0.25) is 17.9 Å². The zero-order valence-electron chi connectivity index (χ0n) is 17.2. The molecule has 3 heterocycles. The van der Waals surface area contributed by atoms with Crippen LogP contribution < -0.4 is 19.7 Å². The van der Waals surface area contributed by atoms with Gasteiger partial charge in [0, 0.05) is 12.5 Å². The maximum Gasteiger partial charge on any atom is 0.277 e. The summed E-state index contributed by atoms with van der Waals surface area (Å²) in [5, 5.41) is 11.2. The minimum atomic E-state index is -0.517. The molecule has 2 aliphatic rings. The molecule has 0 aliphatic carbocycles. The van der Waals surface area contributed by atoms with E-state index in [-0.39, 0.29) is 47.8 Å². The number of carbonyl (C=O) groups excluding carboxylic acids is 2. The number of amides is 2. The summed E-state index contributed by atoms with van der Waals surface area (Å²) in [5.74, 6) is 1.38. The van der Waals surface area contributed by atoms with E-state index < -0.39 is 6.10 Å². The SMILES string of the molecule is C[C@@H]1CC(=O)Nc2ccccc2N1C(=O)CSc1nnc([C@@H]2COc3ccccc3O2)o1. The van der Waals surface area contributed by atoms with Gasteiger partial charge in [0.05, 0.1) is 17.1 Å². The fourth-order valence-corrected chi connectivity index (χ4v) is 4.34. The van der Waals surface area contributed by atoms with Crippen LogP contribution in [0.4, 0.5) is 11.4 Å². The summed E-state index contributed by atoms with van der Waals surface area (Å²) in [5.41, 5.74) is 1.30. The van der Waals surface area contributed by atoms with Crippen LogP contribution in [0.15, 0.2) is 58.2 Å². The molecule has 0 fully saturated rings. The number of benzene rings is 2. The first-order chi connectivity index (χ1) is 15.6. The molecule has 1 N–H and O–H groups in total. The van der Waals surface area contributed by atoms with Crippen molar-refractivity contribution in [3.63, 3.8) is 0 Å². The van der Waals surface area contributed by atoms with E-state index in [4.69, 9.17) is 13.9 Å². The maximum absolute atomic E-state index is 13.1. The van der Waals surface area contributed by atoms with Crippen molar-refractivity contribution in [3.8, 4) is 11.5 Å². The molecule has 2 aromatic carbocycles. The van der Waals surface area contributed by atoms with Gasteiger partial charge in [-0.05, 0) is 31.2 Å². The summed E-state index contributed by atoms with van der Waals surface area (Å²) >= 11 is 1.14. The van der Waals surface area contributed by atoms with Crippen molar-refractivity contribution in [2.75, 3.05) is 22.6 Å². The Labute approximate surface area is 188 Å². The van der Waals surface area contributed by atoms with Crippen molar-refractivity contribution in [2.45, 2.75) is 30.7 Å². The van der Waals surface area contributed by atoms with Crippen LogP contribution in [-0.4, -0.2) is 40.4 Å². The van der Waals surface area contributed by atoms with E-state index in [2.05, 4.69) is 15.5 Å². The van der Waals surface area contributed by atoms with Crippen LogP contribution in [0.5, 0.6) is 11.5 Å². The van der Waals surface area contributed by atoms with Gasteiger partial charge in [0.1, 0.15) is 6.61 Å². The molecule has 2 atom stereocenters. The molecule has 0 saturated heterocycles. The van der Waals surface area contributed by atoms with E-state index in [9.17, 15) is 9.59 Å². The second-order valence-electron chi connectivity index (χ2n) is 7.44. The Bertz CT molecular complexity index is 1170. The predicted molar refractivity (Wildman–Crippen MR) is 117 cm³/mol. The molecule has 0 unspecified atom stereocenters. The van der Waals surface area contributed by atoms with Crippen LogP contribution in [0.3, 0.4) is 0 Å². The van der Waals surface area contributed by atoms with Gasteiger partial charge < -0.3 is 24.1 Å². The van der Waals surface area contributed by atoms with Gasteiger partial charge in [-0.3, -0.25) is 9.59 Å². The topological polar surface area (TPSA) is 107 Å². The normalized spacial score (nSPS) is 19.7. The highest BCUT2D eigenvalue weighted by Crippen LogP contribution is 2.36. The number of aromatic nitrogens is 2. The zero-order chi connectivity index (χ0) is 22.1. The van der Waals surface area contributed by atoms with E-state index in [1.165, 1.54) is 0 Å². The Morgan fingerprint density at radius 3 is 2.81 bits per heavy atom. The van der Waals surface area contributed by atoms with Crippen LogP contribution in [0.1, 0.15) is 25.3 Å². The number of rotatable bonds is 4. The number of hydrogen-bond donors (Lipinski definition) is 1. The minimum absolute atomic E-state index is 0.0827. The molecule has 32 heavy (non-hydrogen) atoms. The highest BCUT2D eigenvalue weighted by Gasteiger charge is 2.31. The molecule has 9 nitrogen and oxygen atoms in total. The third-order valence-corrected chi connectivity index (χ3v) is 5.96. The molecule has 0 bridgehead atoms. The van der Waals surface area contributed by atoms with Crippen molar-refractivity contribution < 1.29 is 23.5 Å². The lowest BCUT2D eigenvalue weighted by Gasteiger charge is -2.27. The summed E-state index contributed by atoms with van der Waals surface area (Å²) in [6.07, 6.45) is -0.298. The molecule has 2 aliphatic heterocycles. The monoisotopic (exact) mass is 452 g/mol. The first kappa shape index (κ1) is 20.4. The third-order valence-electron chi connectivity index (χ3n) is 5.15. The molecular weight excluding hydrogens is 432 g/mol. The maximum atomic E-state index is 13.1. The highest BCUT2D eigenvalue weighted by atomic mass is 32.2. The van der Waals surface area contributed by atoms with Gasteiger partial charge >= 0.3 is 0 Å². The van der Waals surface area contributed by atoms with E-state index >= 15 is 0 Å². The predicted octanol–water partition coefficient (Wildman–Crippen LogP) is 3.44. The number of thioether (sulfide) groups is 1. The summed E-state index contributed by atoms with van der Waals surface area (Å²) in [6.45, 7) is 2.11. The fourth-order valence-electron chi connectivity index (χ4n) is 3.71. The number of nitrogens with one attached hydrogen (secondary N) is 1. The summed E-state index contributed by atoms with van der Waals surface area (Å²) in [7, 11) is 0. The van der Waals surface area contributed by atoms with Crippen LogP contribution in [0.25, 0.3) is 0 Å². The molecule has 10 heteroatoms. The number of para-hydroxylation sites is 4. The smallest absolute Gasteiger partial charge is 0.277 e. The van der Waals surface area contributed by atoms with E-state index in [1.807, 2.05) is 49.4 Å². The number of anilines is 2. The van der Waals surface area contributed by atoms with Gasteiger partial charge in [0.15, 0.2) is 11.5 Å². The van der Waals surface area contributed by atoms with Crippen LogP contribution in [-0.2, 0) is 9.59 Å². The molecule has 0 saturated carbocycles. The molecule has 2 amide bonds. The van der Waals surface area contributed by atoms with Crippen LogP contribution in [0, 0.1) is 0 Å². The lowest BCUT2D eigenvalue weighted by atomic mass is 10.2. The second kappa shape index (κ2) is 8.54. The molecule has 5 rings (SSSR count).